The van der Waals surface area contributed by atoms with E-state index in [2.05, 4.69) is 10.3 Å². The number of thioether (sulfide) groups is 1. The maximum Gasteiger partial charge on any atom is 0.254 e. The monoisotopic (exact) mass is 372 g/mol. The van der Waals surface area contributed by atoms with Crippen LogP contribution in [0.25, 0.3) is 10.9 Å². The molecule has 0 fully saturated rings. The number of hydrogen-bond acceptors (Lipinski definition) is 3. The second-order valence-electron chi connectivity index (χ2n) is 5.80. The Hall–Kier alpha value is -2.47. The van der Waals surface area contributed by atoms with E-state index in [1.165, 1.54) is 30.0 Å². The van der Waals surface area contributed by atoms with Crippen molar-refractivity contribution in [1.82, 2.24) is 10.3 Å². The van der Waals surface area contributed by atoms with Gasteiger partial charge in [0.25, 0.3) is 5.91 Å². The smallest absolute Gasteiger partial charge is 0.254 e. The minimum atomic E-state index is -0.407. The molecule has 1 amide bonds. The quantitative estimate of drug-likeness (QED) is 0.650. The van der Waals surface area contributed by atoms with Crippen LogP contribution in [0.1, 0.15) is 28.4 Å². The lowest BCUT2D eigenvalue weighted by atomic mass is 10.0. The number of pyridine rings is 1. The van der Waals surface area contributed by atoms with E-state index < -0.39 is 5.82 Å². The lowest BCUT2D eigenvalue weighted by molar-refractivity contribution is 0.0946. The van der Waals surface area contributed by atoms with Crippen molar-refractivity contribution in [2.24, 2.45) is 0 Å². The SMILES string of the molecule is CCSc1nc2c(F)cccc2c(C)c1C(=O)NCc1cccc(F)c1. The molecule has 1 aromatic heterocycles. The highest BCUT2D eigenvalue weighted by molar-refractivity contribution is 7.99. The number of hydrogen-bond donors (Lipinski definition) is 1. The van der Waals surface area contributed by atoms with Crippen molar-refractivity contribution >= 4 is 28.6 Å². The first-order chi connectivity index (χ1) is 12.5. The van der Waals surface area contributed by atoms with E-state index in [0.29, 0.717) is 32.9 Å². The van der Waals surface area contributed by atoms with Crippen LogP contribution in [0, 0.1) is 18.6 Å². The van der Waals surface area contributed by atoms with Gasteiger partial charge in [-0.05, 0) is 42.0 Å². The van der Waals surface area contributed by atoms with E-state index in [-0.39, 0.29) is 23.8 Å². The normalized spacial score (nSPS) is 10.9. The summed E-state index contributed by atoms with van der Waals surface area (Å²) in [6.45, 7) is 3.94. The molecule has 0 unspecified atom stereocenters. The lowest BCUT2D eigenvalue weighted by Gasteiger charge is -2.14. The van der Waals surface area contributed by atoms with Crippen LogP contribution < -0.4 is 5.32 Å². The molecule has 26 heavy (non-hydrogen) atoms. The second kappa shape index (κ2) is 7.83. The highest BCUT2D eigenvalue weighted by Crippen LogP contribution is 2.30. The molecule has 3 nitrogen and oxygen atoms in total. The standard InChI is InChI=1S/C20H18F2N2OS/c1-3-26-20-17(12(2)15-8-5-9-16(22)18(15)24-20)19(25)23-11-13-6-4-7-14(21)10-13/h4-10H,3,11H2,1-2H3,(H,23,25). The van der Waals surface area contributed by atoms with Crippen LogP contribution in [-0.4, -0.2) is 16.6 Å². The minimum absolute atomic E-state index is 0.202. The minimum Gasteiger partial charge on any atom is -0.348 e. The Bertz CT molecular complexity index is 975. The molecular weight excluding hydrogens is 354 g/mol. The molecule has 0 bridgehead atoms. The highest BCUT2D eigenvalue weighted by Gasteiger charge is 2.20. The van der Waals surface area contributed by atoms with Gasteiger partial charge in [-0.2, -0.15) is 0 Å². The van der Waals surface area contributed by atoms with Crippen molar-refractivity contribution in [3.05, 3.63) is 70.8 Å². The third kappa shape index (κ3) is 3.70. The fourth-order valence-corrected chi connectivity index (χ4v) is 3.63. The molecule has 0 aliphatic rings. The molecule has 0 aliphatic carbocycles. The van der Waals surface area contributed by atoms with Gasteiger partial charge in [0.1, 0.15) is 22.2 Å². The largest absolute Gasteiger partial charge is 0.348 e. The fraction of sp³-hybridized carbons (Fsp3) is 0.200. The third-order valence-electron chi connectivity index (χ3n) is 4.04. The van der Waals surface area contributed by atoms with Crippen molar-refractivity contribution in [3.8, 4) is 0 Å². The first kappa shape index (κ1) is 18.3. The zero-order chi connectivity index (χ0) is 18.7. The number of nitrogens with zero attached hydrogens (tertiary/aromatic N) is 1. The van der Waals surface area contributed by atoms with E-state index in [9.17, 15) is 13.6 Å². The predicted octanol–water partition coefficient (Wildman–Crippen LogP) is 4.86. The van der Waals surface area contributed by atoms with Crippen LogP contribution in [-0.2, 0) is 6.54 Å². The summed E-state index contributed by atoms with van der Waals surface area (Å²) in [4.78, 5) is 17.2. The number of benzene rings is 2. The second-order valence-corrected chi connectivity index (χ2v) is 7.05. The molecule has 0 saturated carbocycles. The van der Waals surface area contributed by atoms with Crippen LogP contribution in [0.5, 0.6) is 0 Å². The Morgan fingerprint density at radius 3 is 2.69 bits per heavy atom. The number of fused-ring (bicyclic) bond motifs is 1. The van der Waals surface area contributed by atoms with Gasteiger partial charge in [0.15, 0.2) is 0 Å². The number of para-hydroxylation sites is 1. The highest BCUT2D eigenvalue weighted by atomic mass is 32.2. The van der Waals surface area contributed by atoms with Crippen LogP contribution in [0.2, 0.25) is 0 Å². The first-order valence-electron chi connectivity index (χ1n) is 8.25. The average molecular weight is 372 g/mol. The van der Waals surface area contributed by atoms with Gasteiger partial charge in [-0.15, -0.1) is 11.8 Å². The van der Waals surface area contributed by atoms with Crippen LogP contribution >= 0.6 is 11.8 Å². The summed E-state index contributed by atoms with van der Waals surface area (Å²) >= 11 is 1.39. The van der Waals surface area contributed by atoms with Gasteiger partial charge >= 0.3 is 0 Å². The molecule has 0 saturated heterocycles. The Balaban J connectivity index is 1.98. The van der Waals surface area contributed by atoms with Crippen LogP contribution in [0.15, 0.2) is 47.5 Å². The number of aromatic nitrogens is 1. The average Bonchev–Trinajstić information content (AvgIpc) is 2.61. The van der Waals surface area contributed by atoms with Gasteiger partial charge in [-0.25, -0.2) is 13.8 Å². The molecular formula is C20H18F2N2OS. The Morgan fingerprint density at radius 2 is 1.96 bits per heavy atom. The van der Waals surface area contributed by atoms with Crippen molar-refractivity contribution in [2.45, 2.75) is 25.4 Å². The number of carbonyl (C=O) groups excluding carboxylic acids is 1. The van der Waals surface area contributed by atoms with Gasteiger partial charge in [0, 0.05) is 11.9 Å². The zero-order valence-corrected chi connectivity index (χ0v) is 15.3. The molecule has 3 aromatic rings. The van der Waals surface area contributed by atoms with Crippen LogP contribution in [0.4, 0.5) is 8.78 Å². The summed E-state index contributed by atoms with van der Waals surface area (Å²) < 4.78 is 27.4. The Kier molecular flexibility index (Phi) is 5.52. The summed E-state index contributed by atoms with van der Waals surface area (Å²) in [7, 11) is 0. The van der Waals surface area contributed by atoms with E-state index in [4.69, 9.17) is 0 Å². The summed E-state index contributed by atoms with van der Waals surface area (Å²) in [6.07, 6.45) is 0. The maximum absolute atomic E-state index is 14.1. The molecule has 3 rings (SSSR count). The zero-order valence-electron chi connectivity index (χ0n) is 14.5. The number of carbonyl (C=O) groups is 1. The number of amides is 1. The maximum atomic E-state index is 14.1. The van der Waals surface area contributed by atoms with E-state index in [1.54, 1.807) is 31.2 Å². The van der Waals surface area contributed by atoms with Crippen molar-refractivity contribution in [1.29, 1.82) is 0 Å². The summed E-state index contributed by atoms with van der Waals surface area (Å²) in [5.41, 5.74) is 2.05. The van der Waals surface area contributed by atoms with E-state index >= 15 is 0 Å². The molecule has 0 radical (unpaired) electrons. The third-order valence-corrected chi connectivity index (χ3v) is 4.90. The number of nitrogens with one attached hydrogen (secondary N) is 1. The number of rotatable bonds is 5. The Labute approximate surface area is 154 Å². The predicted molar refractivity (Wildman–Crippen MR) is 100 cm³/mol. The topological polar surface area (TPSA) is 42.0 Å². The summed E-state index contributed by atoms with van der Waals surface area (Å²) in [5, 5.41) is 3.92. The van der Waals surface area contributed by atoms with Crippen molar-refractivity contribution in [3.63, 3.8) is 0 Å². The molecule has 0 atom stereocenters. The Morgan fingerprint density at radius 1 is 1.19 bits per heavy atom. The van der Waals surface area contributed by atoms with Gasteiger partial charge in [-0.1, -0.05) is 31.2 Å². The molecule has 0 aliphatic heterocycles. The number of aryl methyl sites for hydroxylation is 1. The van der Waals surface area contributed by atoms with Gasteiger partial charge in [0.2, 0.25) is 0 Å². The molecule has 6 heteroatoms. The first-order valence-corrected chi connectivity index (χ1v) is 9.24. The summed E-state index contributed by atoms with van der Waals surface area (Å²) in [5.74, 6) is -0.356. The van der Waals surface area contributed by atoms with Crippen molar-refractivity contribution < 1.29 is 13.6 Å². The number of halogens is 2. The molecule has 0 spiro atoms. The van der Waals surface area contributed by atoms with Crippen molar-refractivity contribution in [2.75, 3.05) is 5.75 Å². The van der Waals surface area contributed by atoms with Gasteiger partial charge < -0.3 is 5.32 Å². The van der Waals surface area contributed by atoms with Gasteiger partial charge in [-0.3, -0.25) is 4.79 Å². The van der Waals surface area contributed by atoms with E-state index in [0.717, 1.165) is 0 Å². The molecule has 1 N–H and O–H groups in total. The molecule has 1 heterocycles. The molecule has 2 aromatic carbocycles. The summed E-state index contributed by atoms with van der Waals surface area (Å²) in [6, 6.07) is 10.8. The van der Waals surface area contributed by atoms with Crippen LogP contribution in [0.3, 0.4) is 0 Å². The fourth-order valence-electron chi connectivity index (χ4n) is 2.81. The van der Waals surface area contributed by atoms with Gasteiger partial charge in [0.05, 0.1) is 5.56 Å². The molecule has 134 valence electrons. The van der Waals surface area contributed by atoms with E-state index in [1.807, 2.05) is 6.92 Å². The lowest BCUT2D eigenvalue weighted by Crippen LogP contribution is -2.25.